The number of halogens is 1. The first-order chi connectivity index (χ1) is 10.9. The van der Waals surface area contributed by atoms with Crippen LogP contribution in [0.4, 0.5) is 5.69 Å². The summed E-state index contributed by atoms with van der Waals surface area (Å²) in [4.78, 5) is 12.0. The minimum absolute atomic E-state index is 0.0378. The van der Waals surface area contributed by atoms with E-state index in [9.17, 15) is 13.2 Å². The third-order valence-corrected chi connectivity index (χ3v) is 5.33. The van der Waals surface area contributed by atoms with E-state index in [-0.39, 0.29) is 22.1 Å². The molecule has 122 valence electrons. The number of methoxy groups -OCH3 is 1. The fourth-order valence-corrected chi connectivity index (χ4v) is 3.77. The molecule has 0 aliphatic rings. The van der Waals surface area contributed by atoms with Crippen molar-refractivity contribution >= 4 is 33.0 Å². The molecule has 7 heteroatoms. The number of sulfone groups is 1. The van der Waals surface area contributed by atoms with Gasteiger partial charge in [-0.25, -0.2) is 8.42 Å². The lowest BCUT2D eigenvalue weighted by atomic mass is 10.3. The molecule has 5 nitrogen and oxygen atoms in total. The molecular formula is C16H16ClNO4S. The van der Waals surface area contributed by atoms with Crippen LogP contribution in [0.25, 0.3) is 0 Å². The lowest BCUT2D eigenvalue weighted by Crippen LogP contribution is -2.17. The largest absolute Gasteiger partial charge is 0.497 e. The topological polar surface area (TPSA) is 72.5 Å². The summed E-state index contributed by atoms with van der Waals surface area (Å²) >= 11 is 5.89. The van der Waals surface area contributed by atoms with E-state index in [0.29, 0.717) is 11.4 Å². The molecule has 0 aliphatic heterocycles. The number of amides is 1. The molecule has 0 radical (unpaired) electrons. The standard InChI is InChI=1S/C16H16ClNO4S/c1-22-13-6-4-5-12(11-13)18-16(19)9-10-23(20,21)15-8-3-2-7-14(15)17/h2-8,11H,9-10H2,1H3,(H,18,19). The molecule has 1 amide bonds. The number of rotatable bonds is 6. The number of hydrogen-bond acceptors (Lipinski definition) is 4. The van der Waals surface area contributed by atoms with E-state index >= 15 is 0 Å². The predicted molar refractivity (Wildman–Crippen MR) is 89.7 cm³/mol. The molecule has 0 spiro atoms. The maximum atomic E-state index is 12.2. The molecule has 0 bridgehead atoms. The number of anilines is 1. The van der Waals surface area contributed by atoms with Crippen LogP contribution in [-0.2, 0) is 14.6 Å². The molecule has 0 atom stereocenters. The Morgan fingerprint density at radius 2 is 1.91 bits per heavy atom. The fraction of sp³-hybridized carbons (Fsp3) is 0.188. The molecule has 0 aliphatic carbocycles. The Hall–Kier alpha value is -2.05. The number of carbonyl (C=O) groups excluding carboxylic acids is 1. The van der Waals surface area contributed by atoms with Crippen LogP contribution in [0.1, 0.15) is 6.42 Å². The quantitative estimate of drug-likeness (QED) is 0.865. The van der Waals surface area contributed by atoms with Gasteiger partial charge in [-0.15, -0.1) is 0 Å². The summed E-state index contributed by atoms with van der Waals surface area (Å²) in [5.41, 5.74) is 0.546. The Balaban J connectivity index is 2.00. The monoisotopic (exact) mass is 353 g/mol. The summed E-state index contributed by atoms with van der Waals surface area (Å²) < 4.78 is 29.5. The second-order valence-corrected chi connectivity index (χ2v) is 7.26. The van der Waals surface area contributed by atoms with Crippen molar-refractivity contribution < 1.29 is 17.9 Å². The molecule has 2 aromatic carbocycles. The van der Waals surface area contributed by atoms with Gasteiger partial charge in [0.2, 0.25) is 5.91 Å². The van der Waals surface area contributed by atoms with Gasteiger partial charge in [-0.05, 0) is 24.3 Å². The maximum absolute atomic E-state index is 12.2. The van der Waals surface area contributed by atoms with Crippen LogP contribution < -0.4 is 10.1 Å². The molecule has 0 saturated heterocycles. The van der Waals surface area contributed by atoms with Crippen LogP contribution in [0.3, 0.4) is 0 Å². The van der Waals surface area contributed by atoms with E-state index in [2.05, 4.69) is 5.32 Å². The zero-order chi connectivity index (χ0) is 16.9. The van der Waals surface area contributed by atoms with Gasteiger partial charge in [-0.1, -0.05) is 29.8 Å². The lowest BCUT2D eigenvalue weighted by molar-refractivity contribution is -0.115. The summed E-state index contributed by atoms with van der Waals surface area (Å²) in [5, 5.41) is 2.79. The molecule has 23 heavy (non-hydrogen) atoms. The molecule has 1 N–H and O–H groups in total. The van der Waals surface area contributed by atoms with Gasteiger partial charge < -0.3 is 10.1 Å². The number of hydrogen-bond donors (Lipinski definition) is 1. The maximum Gasteiger partial charge on any atom is 0.225 e. The highest BCUT2D eigenvalue weighted by atomic mass is 35.5. The zero-order valence-corrected chi connectivity index (χ0v) is 14.0. The van der Waals surface area contributed by atoms with Crippen LogP contribution in [0.15, 0.2) is 53.4 Å². The second kappa shape index (κ2) is 7.48. The first-order valence-corrected chi connectivity index (χ1v) is 8.86. The van der Waals surface area contributed by atoms with Gasteiger partial charge >= 0.3 is 0 Å². The minimum atomic E-state index is -3.61. The number of ether oxygens (including phenoxy) is 1. The smallest absolute Gasteiger partial charge is 0.225 e. The highest BCUT2D eigenvalue weighted by molar-refractivity contribution is 7.91. The van der Waals surface area contributed by atoms with Crippen molar-refractivity contribution in [1.82, 2.24) is 0 Å². The Morgan fingerprint density at radius 1 is 1.17 bits per heavy atom. The van der Waals surface area contributed by atoms with Crippen LogP contribution >= 0.6 is 11.6 Å². The average molecular weight is 354 g/mol. The van der Waals surface area contributed by atoms with E-state index in [0.717, 1.165) is 0 Å². The van der Waals surface area contributed by atoms with Gasteiger partial charge in [0.25, 0.3) is 0 Å². The van der Waals surface area contributed by atoms with Crippen molar-refractivity contribution in [3.63, 3.8) is 0 Å². The molecule has 0 unspecified atom stereocenters. The Labute approximate surface area is 140 Å². The molecule has 0 heterocycles. The first-order valence-electron chi connectivity index (χ1n) is 6.83. The third-order valence-electron chi connectivity index (χ3n) is 3.12. The highest BCUT2D eigenvalue weighted by Gasteiger charge is 2.19. The van der Waals surface area contributed by atoms with Crippen molar-refractivity contribution in [2.24, 2.45) is 0 Å². The molecule has 0 fully saturated rings. The van der Waals surface area contributed by atoms with E-state index in [1.54, 1.807) is 36.4 Å². The zero-order valence-electron chi connectivity index (χ0n) is 12.5. The van der Waals surface area contributed by atoms with Crippen molar-refractivity contribution in [1.29, 1.82) is 0 Å². The summed E-state index contributed by atoms with van der Waals surface area (Å²) in [6, 6.07) is 13.0. The van der Waals surface area contributed by atoms with Crippen LogP contribution in [-0.4, -0.2) is 27.2 Å². The van der Waals surface area contributed by atoms with E-state index in [1.807, 2.05) is 0 Å². The minimum Gasteiger partial charge on any atom is -0.497 e. The van der Waals surface area contributed by atoms with Crippen LogP contribution in [0, 0.1) is 0 Å². The molecule has 2 aromatic rings. The number of carbonyl (C=O) groups is 1. The molecule has 0 saturated carbocycles. The fourth-order valence-electron chi connectivity index (χ4n) is 1.96. The normalized spacial score (nSPS) is 11.0. The molecule has 0 aromatic heterocycles. The van der Waals surface area contributed by atoms with E-state index in [4.69, 9.17) is 16.3 Å². The highest BCUT2D eigenvalue weighted by Crippen LogP contribution is 2.22. The van der Waals surface area contributed by atoms with E-state index < -0.39 is 15.7 Å². The van der Waals surface area contributed by atoms with Crippen molar-refractivity contribution in [3.8, 4) is 5.75 Å². The average Bonchev–Trinajstić information content (AvgIpc) is 2.53. The number of benzene rings is 2. The molecule has 2 rings (SSSR count). The van der Waals surface area contributed by atoms with Crippen LogP contribution in [0.2, 0.25) is 5.02 Å². The van der Waals surface area contributed by atoms with Crippen molar-refractivity contribution in [2.75, 3.05) is 18.2 Å². The third kappa shape index (κ3) is 4.71. The Kier molecular flexibility index (Phi) is 5.63. The van der Waals surface area contributed by atoms with Crippen LogP contribution in [0.5, 0.6) is 5.75 Å². The van der Waals surface area contributed by atoms with E-state index in [1.165, 1.54) is 19.2 Å². The summed E-state index contributed by atoms with van der Waals surface area (Å²) in [7, 11) is -2.08. The predicted octanol–water partition coefficient (Wildman–Crippen LogP) is 3.15. The van der Waals surface area contributed by atoms with Gasteiger partial charge in [0, 0.05) is 18.2 Å². The van der Waals surface area contributed by atoms with Gasteiger partial charge in [0.1, 0.15) is 5.75 Å². The summed E-state index contributed by atoms with van der Waals surface area (Å²) in [5.74, 6) is -0.104. The Morgan fingerprint density at radius 3 is 2.61 bits per heavy atom. The summed E-state index contributed by atoms with van der Waals surface area (Å²) in [6.07, 6.45) is -0.162. The van der Waals surface area contributed by atoms with Gasteiger partial charge in [-0.3, -0.25) is 4.79 Å². The van der Waals surface area contributed by atoms with Gasteiger partial charge in [-0.2, -0.15) is 0 Å². The Bertz CT molecular complexity index is 805. The van der Waals surface area contributed by atoms with Crippen molar-refractivity contribution in [2.45, 2.75) is 11.3 Å². The first kappa shape index (κ1) is 17.3. The molecular weight excluding hydrogens is 338 g/mol. The second-order valence-electron chi connectivity index (χ2n) is 4.78. The van der Waals surface area contributed by atoms with Crippen molar-refractivity contribution in [3.05, 3.63) is 53.6 Å². The number of nitrogens with one attached hydrogen (secondary N) is 1. The lowest BCUT2D eigenvalue weighted by Gasteiger charge is -2.08. The van der Waals surface area contributed by atoms with Gasteiger partial charge in [0.05, 0.1) is 22.8 Å². The van der Waals surface area contributed by atoms with Gasteiger partial charge in [0.15, 0.2) is 9.84 Å². The SMILES string of the molecule is COc1cccc(NC(=O)CCS(=O)(=O)c2ccccc2Cl)c1. The summed E-state index contributed by atoms with van der Waals surface area (Å²) in [6.45, 7) is 0.